The molecule has 1 heterocycles. The molecule has 1 unspecified atom stereocenters. The Bertz CT molecular complexity index is 648. The van der Waals surface area contributed by atoms with Gasteiger partial charge in [-0.25, -0.2) is 4.99 Å². The van der Waals surface area contributed by atoms with Gasteiger partial charge in [-0.15, -0.1) is 24.0 Å². The van der Waals surface area contributed by atoms with Crippen molar-refractivity contribution >= 4 is 35.8 Å². The summed E-state index contributed by atoms with van der Waals surface area (Å²) in [6, 6.07) is 8.79. The summed E-state index contributed by atoms with van der Waals surface area (Å²) in [7, 11) is 3.48. The molecule has 0 aromatic heterocycles. The molecule has 29 heavy (non-hydrogen) atoms. The van der Waals surface area contributed by atoms with Crippen molar-refractivity contribution in [3.63, 3.8) is 0 Å². The van der Waals surface area contributed by atoms with Crippen LogP contribution in [0.25, 0.3) is 0 Å². The van der Waals surface area contributed by atoms with E-state index >= 15 is 0 Å². The minimum atomic E-state index is -0.0176. The zero-order chi connectivity index (χ0) is 20.6. The number of carbonyl (C=O) groups is 1. The largest absolute Gasteiger partial charge is 0.376 e. The van der Waals surface area contributed by atoms with Crippen LogP contribution in [0.1, 0.15) is 44.7 Å². The molecule has 1 aromatic rings. The molecule has 6 nitrogen and oxygen atoms in total. The van der Waals surface area contributed by atoms with Gasteiger partial charge in [-0.3, -0.25) is 4.79 Å². The highest BCUT2D eigenvalue weighted by molar-refractivity contribution is 14.0. The zero-order valence-electron chi connectivity index (χ0n) is 18.5. The first-order chi connectivity index (χ1) is 13.3. The van der Waals surface area contributed by atoms with Gasteiger partial charge in [0.05, 0.1) is 6.10 Å². The van der Waals surface area contributed by atoms with Gasteiger partial charge in [-0.1, -0.05) is 45.0 Å². The van der Waals surface area contributed by atoms with Gasteiger partial charge in [0.1, 0.15) is 6.54 Å². The van der Waals surface area contributed by atoms with Crippen molar-refractivity contribution in [3.05, 3.63) is 35.4 Å². The Morgan fingerprint density at radius 2 is 1.90 bits per heavy atom. The van der Waals surface area contributed by atoms with Crippen molar-refractivity contribution in [2.45, 2.75) is 51.6 Å². The van der Waals surface area contributed by atoms with Crippen LogP contribution in [0.5, 0.6) is 0 Å². The van der Waals surface area contributed by atoms with Crippen molar-refractivity contribution < 1.29 is 9.53 Å². The van der Waals surface area contributed by atoms with Crippen LogP contribution in [0.4, 0.5) is 0 Å². The summed E-state index contributed by atoms with van der Waals surface area (Å²) >= 11 is 0. The molecule has 0 aliphatic carbocycles. The number of aliphatic imine (C=N–C) groups is 1. The third kappa shape index (κ3) is 9.33. The predicted molar refractivity (Wildman–Crippen MR) is 130 cm³/mol. The normalized spacial score (nSPS) is 16.9. The summed E-state index contributed by atoms with van der Waals surface area (Å²) in [6.45, 7) is 9.10. The van der Waals surface area contributed by atoms with Crippen LogP contribution in [-0.2, 0) is 21.4 Å². The Labute approximate surface area is 192 Å². The molecule has 1 saturated heterocycles. The average molecular weight is 516 g/mol. The lowest BCUT2D eigenvalue weighted by Crippen LogP contribution is -2.42. The maximum atomic E-state index is 11.9. The summed E-state index contributed by atoms with van der Waals surface area (Å²) < 4.78 is 5.66. The Morgan fingerprint density at radius 1 is 1.21 bits per heavy atom. The third-order valence-corrected chi connectivity index (χ3v) is 4.92. The van der Waals surface area contributed by atoms with Crippen molar-refractivity contribution in [1.82, 2.24) is 15.5 Å². The van der Waals surface area contributed by atoms with Crippen LogP contribution in [0.15, 0.2) is 29.3 Å². The van der Waals surface area contributed by atoms with Crippen molar-refractivity contribution in [1.29, 1.82) is 0 Å². The smallest absolute Gasteiger partial charge is 0.243 e. The molecule has 1 aliphatic rings. The SMILES string of the molecule is CN(C)C(=O)CN=C(NCCc1ccc(C(C)(C)C)cc1)NCC1CCCO1.I. The van der Waals surface area contributed by atoms with Gasteiger partial charge in [0.2, 0.25) is 5.91 Å². The molecule has 2 rings (SSSR count). The molecular formula is C22H37IN4O2. The molecule has 1 amide bonds. The van der Waals surface area contributed by atoms with Gasteiger partial charge in [-0.2, -0.15) is 0 Å². The zero-order valence-corrected chi connectivity index (χ0v) is 20.8. The number of amides is 1. The van der Waals surface area contributed by atoms with E-state index < -0.39 is 0 Å². The number of nitrogens with zero attached hydrogens (tertiary/aromatic N) is 2. The molecule has 1 aromatic carbocycles. The number of likely N-dealkylation sites (N-methyl/N-ethyl adjacent to an activating group) is 1. The van der Waals surface area contributed by atoms with Crippen LogP contribution >= 0.6 is 24.0 Å². The number of carbonyl (C=O) groups excluding carboxylic acids is 1. The van der Waals surface area contributed by atoms with Gasteiger partial charge >= 0.3 is 0 Å². The van der Waals surface area contributed by atoms with Gasteiger partial charge in [-0.05, 0) is 35.8 Å². The van der Waals surface area contributed by atoms with E-state index in [2.05, 4.69) is 60.7 Å². The first-order valence-electron chi connectivity index (χ1n) is 10.2. The quantitative estimate of drug-likeness (QED) is 0.333. The van der Waals surface area contributed by atoms with Gasteiger partial charge in [0.25, 0.3) is 0 Å². The number of guanidine groups is 1. The third-order valence-electron chi connectivity index (χ3n) is 4.92. The van der Waals surface area contributed by atoms with E-state index in [-0.39, 0.29) is 47.9 Å². The number of rotatable bonds is 7. The minimum absolute atomic E-state index is 0. The summed E-state index contributed by atoms with van der Waals surface area (Å²) in [5.41, 5.74) is 2.79. The van der Waals surface area contributed by atoms with E-state index in [0.717, 1.165) is 32.4 Å². The Balaban J connectivity index is 0.00000420. The first kappa shape index (κ1) is 25.7. The van der Waals surface area contributed by atoms with E-state index in [9.17, 15) is 4.79 Å². The number of nitrogens with one attached hydrogen (secondary N) is 2. The predicted octanol–water partition coefficient (Wildman–Crippen LogP) is 2.95. The van der Waals surface area contributed by atoms with Crippen LogP contribution in [0.2, 0.25) is 0 Å². The summed E-state index contributed by atoms with van der Waals surface area (Å²) in [5, 5.41) is 6.66. The van der Waals surface area contributed by atoms with E-state index in [0.29, 0.717) is 12.5 Å². The molecule has 0 spiro atoms. The molecule has 0 saturated carbocycles. The Kier molecular flexibility index (Phi) is 11.0. The number of hydrogen-bond acceptors (Lipinski definition) is 3. The van der Waals surface area contributed by atoms with Crippen LogP contribution in [0.3, 0.4) is 0 Å². The maximum absolute atomic E-state index is 11.9. The lowest BCUT2D eigenvalue weighted by atomic mass is 9.86. The average Bonchev–Trinajstić information content (AvgIpc) is 3.16. The first-order valence-corrected chi connectivity index (χ1v) is 10.2. The molecule has 1 aliphatic heterocycles. The second-order valence-corrected chi connectivity index (χ2v) is 8.59. The molecule has 1 fully saturated rings. The highest BCUT2D eigenvalue weighted by Gasteiger charge is 2.16. The number of benzene rings is 1. The van der Waals surface area contributed by atoms with Gasteiger partial charge < -0.3 is 20.3 Å². The Morgan fingerprint density at radius 3 is 2.45 bits per heavy atom. The number of hydrogen-bond donors (Lipinski definition) is 2. The van der Waals surface area contributed by atoms with Crippen LogP contribution in [0, 0.1) is 0 Å². The van der Waals surface area contributed by atoms with E-state index in [1.54, 1.807) is 19.0 Å². The van der Waals surface area contributed by atoms with Crippen molar-refractivity contribution in [2.24, 2.45) is 4.99 Å². The molecule has 2 N–H and O–H groups in total. The lowest BCUT2D eigenvalue weighted by molar-refractivity contribution is -0.127. The topological polar surface area (TPSA) is 66.0 Å². The summed E-state index contributed by atoms with van der Waals surface area (Å²) in [5.74, 6) is 0.646. The highest BCUT2D eigenvalue weighted by atomic mass is 127. The van der Waals surface area contributed by atoms with Crippen molar-refractivity contribution in [2.75, 3.05) is 40.3 Å². The van der Waals surface area contributed by atoms with Gasteiger partial charge in [0, 0.05) is 33.8 Å². The van der Waals surface area contributed by atoms with Gasteiger partial charge in [0.15, 0.2) is 5.96 Å². The van der Waals surface area contributed by atoms with Crippen LogP contribution in [-0.4, -0.2) is 63.2 Å². The molecule has 0 bridgehead atoms. The second kappa shape index (κ2) is 12.4. The fraction of sp³-hybridized carbons (Fsp3) is 0.636. The second-order valence-electron chi connectivity index (χ2n) is 8.59. The standard InChI is InChI=1S/C22H36N4O2.HI/c1-22(2,3)18-10-8-17(9-11-18)12-13-23-21(25-16-20(27)26(4)5)24-15-19-7-6-14-28-19;/h8-11,19H,6-7,12-16H2,1-5H3,(H2,23,24,25);1H. The molecule has 7 heteroatoms. The van der Waals surface area contributed by atoms with E-state index in [4.69, 9.17) is 4.74 Å². The van der Waals surface area contributed by atoms with E-state index in [1.165, 1.54) is 11.1 Å². The maximum Gasteiger partial charge on any atom is 0.243 e. The van der Waals surface area contributed by atoms with Crippen LogP contribution < -0.4 is 10.6 Å². The molecular weight excluding hydrogens is 479 g/mol. The number of ether oxygens (including phenoxy) is 1. The lowest BCUT2D eigenvalue weighted by Gasteiger charge is -2.19. The summed E-state index contributed by atoms with van der Waals surface area (Å²) in [6.07, 6.45) is 3.29. The summed E-state index contributed by atoms with van der Waals surface area (Å²) in [4.78, 5) is 17.8. The highest BCUT2D eigenvalue weighted by Crippen LogP contribution is 2.22. The van der Waals surface area contributed by atoms with Crippen molar-refractivity contribution in [3.8, 4) is 0 Å². The fourth-order valence-corrected chi connectivity index (χ4v) is 2.97. The van der Waals surface area contributed by atoms with E-state index in [1.807, 2.05) is 0 Å². The molecule has 0 radical (unpaired) electrons. The Hall–Kier alpha value is -1.35. The monoisotopic (exact) mass is 516 g/mol. The minimum Gasteiger partial charge on any atom is -0.376 e. The molecule has 1 atom stereocenters. The fourth-order valence-electron chi connectivity index (χ4n) is 2.97. The number of halogens is 1. The molecule has 164 valence electrons.